The van der Waals surface area contributed by atoms with Gasteiger partial charge in [0.25, 0.3) is 0 Å². The molecule has 1 amide bonds. The minimum Gasteiger partial charge on any atom is -0.478 e. The summed E-state index contributed by atoms with van der Waals surface area (Å²) in [7, 11) is 0. The molecule has 24 heavy (non-hydrogen) atoms. The normalized spacial score (nSPS) is 29.8. The molecule has 1 aliphatic rings. The van der Waals surface area contributed by atoms with Gasteiger partial charge in [-0.05, 0) is 6.07 Å². The highest BCUT2D eigenvalue weighted by atomic mass is 16.6. The molecule has 0 aliphatic carbocycles. The smallest absolute Gasteiger partial charge is 0.310 e. The molecule has 0 unspecified atom stereocenters. The number of carbonyl (C=O) groups excluding carboxylic acids is 1. The maximum atomic E-state index is 11.2. The van der Waals surface area contributed by atoms with Crippen molar-refractivity contribution in [2.45, 2.75) is 37.6 Å². The monoisotopic (exact) mass is 342 g/mol. The second kappa shape index (κ2) is 7.53. The van der Waals surface area contributed by atoms with Crippen molar-refractivity contribution in [3.05, 3.63) is 34.4 Å². The Balaban J connectivity index is 2.28. The lowest BCUT2D eigenvalue weighted by Gasteiger charge is -2.42. The van der Waals surface area contributed by atoms with E-state index in [2.05, 4.69) is 5.32 Å². The van der Waals surface area contributed by atoms with Gasteiger partial charge in [-0.3, -0.25) is 14.9 Å². The van der Waals surface area contributed by atoms with E-state index in [0.717, 1.165) is 0 Å². The van der Waals surface area contributed by atoms with Crippen LogP contribution in [0.4, 0.5) is 5.69 Å². The van der Waals surface area contributed by atoms with E-state index in [1.54, 1.807) is 0 Å². The second-order valence-corrected chi connectivity index (χ2v) is 5.27. The molecule has 10 heteroatoms. The van der Waals surface area contributed by atoms with Crippen LogP contribution in [0, 0.1) is 10.1 Å². The van der Waals surface area contributed by atoms with Crippen molar-refractivity contribution >= 4 is 11.6 Å². The topological polar surface area (TPSA) is 151 Å². The van der Waals surface area contributed by atoms with E-state index >= 15 is 0 Å². The van der Waals surface area contributed by atoms with Crippen molar-refractivity contribution < 1.29 is 34.5 Å². The molecule has 4 N–H and O–H groups in total. The van der Waals surface area contributed by atoms with Crippen LogP contribution in [-0.2, 0) is 9.53 Å². The first-order chi connectivity index (χ1) is 11.3. The average molecular weight is 342 g/mol. The number of para-hydroxylation sites is 2. The highest BCUT2D eigenvalue weighted by Crippen LogP contribution is 2.31. The predicted molar refractivity (Wildman–Crippen MR) is 79.1 cm³/mol. The Labute approximate surface area is 136 Å². The summed E-state index contributed by atoms with van der Waals surface area (Å²) in [6.45, 7) is 0.585. The number of rotatable bonds is 5. The largest absolute Gasteiger partial charge is 0.478 e. The van der Waals surface area contributed by atoms with Gasteiger partial charge in [-0.1, -0.05) is 12.1 Å². The molecule has 1 aromatic carbocycles. The number of hydrogen-bond donors (Lipinski definition) is 4. The Morgan fingerprint density at radius 2 is 2.08 bits per heavy atom. The third-order valence-corrected chi connectivity index (χ3v) is 3.57. The Morgan fingerprint density at radius 1 is 1.42 bits per heavy atom. The SMILES string of the molecule is CC(=O)N[C@@H]1[C@@H](O)[C@H](Oc2ccccc2[N+](=O)[O-])[C@@H](CO)O[C@H]1O. The van der Waals surface area contributed by atoms with Gasteiger partial charge < -0.3 is 30.1 Å². The first kappa shape index (κ1) is 18.1. The fourth-order valence-electron chi connectivity index (χ4n) is 2.47. The highest BCUT2D eigenvalue weighted by Gasteiger charge is 2.46. The Hall–Kier alpha value is -2.27. The first-order valence-corrected chi connectivity index (χ1v) is 7.14. The number of nitro groups is 1. The molecule has 0 saturated carbocycles. The van der Waals surface area contributed by atoms with Crippen LogP contribution in [0.2, 0.25) is 0 Å². The minimum atomic E-state index is -1.56. The van der Waals surface area contributed by atoms with Crippen LogP contribution < -0.4 is 10.1 Å². The van der Waals surface area contributed by atoms with E-state index in [1.807, 2.05) is 0 Å². The first-order valence-electron chi connectivity index (χ1n) is 7.14. The van der Waals surface area contributed by atoms with Crippen molar-refractivity contribution in [1.82, 2.24) is 5.32 Å². The molecule has 1 aromatic rings. The summed E-state index contributed by atoms with van der Waals surface area (Å²) in [4.78, 5) is 21.6. The molecule has 1 aliphatic heterocycles. The number of nitrogens with zero attached hydrogens (tertiary/aromatic N) is 1. The predicted octanol–water partition coefficient (Wildman–Crippen LogP) is -1.08. The number of nitrogens with one attached hydrogen (secondary N) is 1. The summed E-state index contributed by atoms with van der Waals surface area (Å²) in [5.41, 5.74) is -0.330. The number of amides is 1. The van der Waals surface area contributed by atoms with Crippen molar-refractivity contribution in [3.63, 3.8) is 0 Å². The average Bonchev–Trinajstić information content (AvgIpc) is 2.53. The number of nitro benzene ring substituents is 1. The van der Waals surface area contributed by atoms with Crippen LogP contribution in [0.15, 0.2) is 24.3 Å². The van der Waals surface area contributed by atoms with Gasteiger partial charge >= 0.3 is 5.69 Å². The molecule has 2 rings (SSSR count). The Kier molecular flexibility index (Phi) is 5.67. The summed E-state index contributed by atoms with van der Waals surface area (Å²) in [6.07, 6.45) is -5.41. The van der Waals surface area contributed by atoms with E-state index in [9.17, 15) is 30.2 Å². The number of benzene rings is 1. The lowest BCUT2D eigenvalue weighted by molar-refractivity contribution is -0.386. The lowest BCUT2D eigenvalue weighted by atomic mass is 9.96. The van der Waals surface area contributed by atoms with Crippen molar-refractivity contribution in [2.75, 3.05) is 6.61 Å². The quantitative estimate of drug-likeness (QED) is 0.389. The van der Waals surface area contributed by atoms with Gasteiger partial charge in [0.15, 0.2) is 18.1 Å². The van der Waals surface area contributed by atoms with E-state index in [1.165, 1.54) is 31.2 Å². The Morgan fingerprint density at radius 3 is 2.67 bits per heavy atom. The summed E-state index contributed by atoms with van der Waals surface area (Å²) in [5, 5.41) is 43.0. The maximum Gasteiger partial charge on any atom is 0.310 e. The van der Waals surface area contributed by atoms with Gasteiger partial charge in [0, 0.05) is 13.0 Å². The standard InChI is InChI=1S/C14H18N2O8/c1-7(18)15-11-12(19)13(10(6-17)24-14(11)20)23-9-5-3-2-4-8(9)16(21)22/h2-5,10-14,17,19-20H,6H2,1H3,(H,15,18)/t10-,11-,12-,13-,14-/m1/s1. The zero-order valence-corrected chi connectivity index (χ0v) is 12.7. The molecule has 0 radical (unpaired) electrons. The molecule has 1 fully saturated rings. The molecule has 132 valence electrons. The van der Waals surface area contributed by atoms with Crippen LogP contribution in [-0.4, -0.2) is 63.4 Å². The van der Waals surface area contributed by atoms with E-state index in [4.69, 9.17) is 9.47 Å². The Bertz CT molecular complexity index is 610. The maximum absolute atomic E-state index is 11.2. The molecule has 1 heterocycles. The van der Waals surface area contributed by atoms with Gasteiger partial charge in [0.2, 0.25) is 5.91 Å². The minimum absolute atomic E-state index is 0.133. The van der Waals surface area contributed by atoms with Crippen molar-refractivity contribution in [1.29, 1.82) is 0 Å². The van der Waals surface area contributed by atoms with Crippen LogP contribution in [0.1, 0.15) is 6.92 Å². The van der Waals surface area contributed by atoms with E-state index < -0.39 is 48.1 Å². The summed E-state index contributed by atoms with van der Waals surface area (Å²) in [6, 6.07) is 4.30. The third kappa shape index (κ3) is 3.79. The van der Waals surface area contributed by atoms with E-state index in [-0.39, 0.29) is 11.4 Å². The van der Waals surface area contributed by atoms with Gasteiger partial charge in [-0.15, -0.1) is 0 Å². The summed E-state index contributed by atoms with van der Waals surface area (Å²) >= 11 is 0. The van der Waals surface area contributed by atoms with Crippen LogP contribution in [0.5, 0.6) is 5.75 Å². The molecular weight excluding hydrogens is 324 g/mol. The molecular formula is C14H18N2O8. The molecule has 5 atom stereocenters. The number of aliphatic hydroxyl groups excluding tert-OH is 3. The molecule has 1 saturated heterocycles. The molecule has 10 nitrogen and oxygen atoms in total. The zero-order chi connectivity index (χ0) is 17.9. The van der Waals surface area contributed by atoms with Crippen LogP contribution in [0.25, 0.3) is 0 Å². The van der Waals surface area contributed by atoms with Crippen molar-refractivity contribution in [3.8, 4) is 5.75 Å². The summed E-state index contributed by atoms with van der Waals surface area (Å²) < 4.78 is 10.6. The van der Waals surface area contributed by atoms with Crippen LogP contribution in [0.3, 0.4) is 0 Å². The number of aliphatic hydroxyl groups is 3. The van der Waals surface area contributed by atoms with Crippen LogP contribution >= 0.6 is 0 Å². The van der Waals surface area contributed by atoms with E-state index in [0.29, 0.717) is 0 Å². The number of ether oxygens (including phenoxy) is 2. The van der Waals surface area contributed by atoms with Gasteiger partial charge in [-0.25, -0.2) is 0 Å². The molecule has 0 spiro atoms. The van der Waals surface area contributed by atoms with Gasteiger partial charge in [0.1, 0.15) is 18.2 Å². The fourth-order valence-corrected chi connectivity index (χ4v) is 2.47. The molecule has 0 aromatic heterocycles. The van der Waals surface area contributed by atoms with Crippen molar-refractivity contribution in [2.24, 2.45) is 0 Å². The zero-order valence-electron chi connectivity index (χ0n) is 12.7. The molecule has 0 bridgehead atoms. The number of hydrogen-bond acceptors (Lipinski definition) is 8. The van der Waals surface area contributed by atoms with Gasteiger partial charge in [-0.2, -0.15) is 0 Å². The second-order valence-electron chi connectivity index (χ2n) is 5.27. The highest BCUT2D eigenvalue weighted by molar-refractivity contribution is 5.73. The van der Waals surface area contributed by atoms with Gasteiger partial charge in [0.05, 0.1) is 11.5 Å². The lowest BCUT2D eigenvalue weighted by Crippen LogP contribution is -2.65. The summed E-state index contributed by atoms with van der Waals surface area (Å²) in [5.74, 6) is -0.653. The third-order valence-electron chi connectivity index (χ3n) is 3.57. The fraction of sp³-hybridized carbons (Fsp3) is 0.500. The number of carbonyl (C=O) groups is 1.